The maximum absolute atomic E-state index is 12.1. The largest absolute Gasteiger partial charge is 0.287 e. The average molecular weight is 349 g/mol. The summed E-state index contributed by atoms with van der Waals surface area (Å²) in [6.45, 7) is 0. The van der Waals surface area contributed by atoms with E-state index in [-0.39, 0.29) is 5.43 Å². The molecule has 0 aliphatic heterocycles. The van der Waals surface area contributed by atoms with E-state index in [9.17, 15) is 4.79 Å². The predicted molar refractivity (Wildman–Crippen MR) is 97.9 cm³/mol. The predicted octanol–water partition coefficient (Wildman–Crippen LogP) is 2.81. The molecule has 1 aromatic carbocycles. The summed E-state index contributed by atoms with van der Waals surface area (Å²) in [6.07, 6.45) is 7.00. The molecule has 3 heterocycles. The van der Waals surface area contributed by atoms with Gasteiger partial charge in [0.2, 0.25) is 5.43 Å². The van der Waals surface area contributed by atoms with Crippen molar-refractivity contribution in [1.82, 2.24) is 24.5 Å². The van der Waals surface area contributed by atoms with Crippen molar-refractivity contribution in [3.8, 4) is 5.69 Å². The van der Waals surface area contributed by atoms with Crippen LogP contribution in [-0.2, 0) is 12.8 Å². The highest BCUT2D eigenvalue weighted by molar-refractivity contribution is 7.98. The minimum absolute atomic E-state index is 0.0763. The number of aryl methyl sites for hydroxylation is 1. The molecule has 0 amide bonds. The molecule has 4 rings (SSSR count). The van der Waals surface area contributed by atoms with Gasteiger partial charge < -0.3 is 0 Å². The van der Waals surface area contributed by atoms with Crippen LogP contribution in [-0.4, -0.2) is 24.5 Å². The van der Waals surface area contributed by atoms with Gasteiger partial charge in [-0.25, -0.2) is 4.68 Å². The first-order chi connectivity index (χ1) is 12.2. The monoisotopic (exact) mass is 349 g/mol. The van der Waals surface area contributed by atoms with Gasteiger partial charge in [-0.3, -0.25) is 14.5 Å². The Morgan fingerprint density at radius 1 is 1.20 bits per heavy atom. The van der Waals surface area contributed by atoms with E-state index in [1.165, 1.54) is 17.8 Å². The van der Waals surface area contributed by atoms with Gasteiger partial charge >= 0.3 is 0 Å². The zero-order valence-electron chi connectivity index (χ0n) is 13.5. The standard InChI is InChI=1S/C18H15N5OS/c1-22-11-15(10-20-22)23-8-6-17(24)18(21-23)25-12-13-4-5-16-14(9-13)3-2-7-19-16/h2-11H,12H2,1H3. The Labute approximate surface area is 148 Å². The van der Waals surface area contributed by atoms with Crippen LogP contribution in [0.3, 0.4) is 0 Å². The first-order valence-electron chi connectivity index (χ1n) is 7.74. The summed E-state index contributed by atoms with van der Waals surface area (Å²) in [7, 11) is 1.84. The fraction of sp³-hybridized carbons (Fsp3) is 0.111. The molecule has 0 aliphatic rings. The topological polar surface area (TPSA) is 65.6 Å². The van der Waals surface area contributed by atoms with Gasteiger partial charge in [0.15, 0.2) is 5.03 Å². The molecular weight excluding hydrogens is 334 g/mol. The summed E-state index contributed by atoms with van der Waals surface area (Å²) in [6, 6.07) is 11.6. The van der Waals surface area contributed by atoms with E-state index in [1.54, 1.807) is 28.0 Å². The molecule has 0 N–H and O–H groups in total. The zero-order valence-corrected chi connectivity index (χ0v) is 14.3. The average Bonchev–Trinajstić information content (AvgIpc) is 3.07. The second-order valence-electron chi connectivity index (χ2n) is 5.62. The van der Waals surface area contributed by atoms with E-state index in [0.29, 0.717) is 10.8 Å². The van der Waals surface area contributed by atoms with E-state index < -0.39 is 0 Å². The number of thioether (sulfide) groups is 1. The Morgan fingerprint density at radius 3 is 2.96 bits per heavy atom. The number of rotatable bonds is 4. The lowest BCUT2D eigenvalue weighted by atomic mass is 10.1. The summed E-state index contributed by atoms with van der Waals surface area (Å²) < 4.78 is 3.37. The van der Waals surface area contributed by atoms with Gasteiger partial charge in [-0.05, 0) is 23.8 Å². The Balaban J connectivity index is 1.58. The van der Waals surface area contributed by atoms with Crippen molar-refractivity contribution < 1.29 is 0 Å². The lowest BCUT2D eigenvalue weighted by molar-refractivity contribution is 0.756. The molecule has 7 heteroatoms. The molecule has 0 saturated heterocycles. The highest BCUT2D eigenvalue weighted by Crippen LogP contribution is 2.21. The van der Waals surface area contributed by atoms with E-state index in [0.717, 1.165) is 22.2 Å². The van der Waals surface area contributed by atoms with Crippen LogP contribution in [0.5, 0.6) is 0 Å². The number of aromatic nitrogens is 5. The Kier molecular flexibility index (Phi) is 4.07. The molecule has 124 valence electrons. The number of nitrogens with zero attached hydrogens (tertiary/aromatic N) is 5. The van der Waals surface area contributed by atoms with Gasteiger partial charge in [-0.2, -0.15) is 10.2 Å². The third-order valence-corrected chi connectivity index (χ3v) is 4.81. The smallest absolute Gasteiger partial charge is 0.214 e. The number of hydrogen-bond donors (Lipinski definition) is 0. The van der Waals surface area contributed by atoms with Crippen LogP contribution >= 0.6 is 11.8 Å². The Morgan fingerprint density at radius 2 is 2.12 bits per heavy atom. The molecule has 0 radical (unpaired) electrons. The summed E-state index contributed by atoms with van der Waals surface area (Å²) in [4.78, 5) is 16.4. The van der Waals surface area contributed by atoms with Gasteiger partial charge in [-0.1, -0.05) is 23.9 Å². The third kappa shape index (κ3) is 3.32. The lowest BCUT2D eigenvalue weighted by Crippen LogP contribution is -2.11. The quantitative estimate of drug-likeness (QED) is 0.530. The van der Waals surface area contributed by atoms with Crippen molar-refractivity contribution in [3.05, 3.63) is 77.0 Å². The second-order valence-corrected chi connectivity index (χ2v) is 6.59. The van der Waals surface area contributed by atoms with Crippen molar-refractivity contribution in [2.75, 3.05) is 0 Å². The molecular formula is C18H15N5OS. The van der Waals surface area contributed by atoms with Crippen molar-refractivity contribution in [3.63, 3.8) is 0 Å². The van der Waals surface area contributed by atoms with Crippen LogP contribution in [0.25, 0.3) is 16.6 Å². The molecule has 6 nitrogen and oxygen atoms in total. The summed E-state index contributed by atoms with van der Waals surface area (Å²) in [5.41, 5.74) is 2.84. The second kappa shape index (κ2) is 6.52. The molecule has 0 aliphatic carbocycles. The minimum atomic E-state index is -0.0763. The summed E-state index contributed by atoms with van der Waals surface area (Å²) in [5.74, 6) is 0.671. The minimum Gasteiger partial charge on any atom is -0.287 e. The summed E-state index contributed by atoms with van der Waals surface area (Å²) >= 11 is 1.43. The normalized spacial score (nSPS) is 11.1. The van der Waals surface area contributed by atoms with Gasteiger partial charge in [0.25, 0.3) is 0 Å². The van der Waals surface area contributed by atoms with E-state index in [4.69, 9.17) is 0 Å². The fourth-order valence-electron chi connectivity index (χ4n) is 2.53. The van der Waals surface area contributed by atoms with Crippen LogP contribution in [0.1, 0.15) is 5.56 Å². The van der Waals surface area contributed by atoms with E-state index >= 15 is 0 Å². The van der Waals surface area contributed by atoms with Gasteiger partial charge in [0, 0.05) is 36.6 Å². The molecule has 0 unspecified atom stereocenters. The number of fused-ring (bicyclic) bond motifs is 1. The first-order valence-corrected chi connectivity index (χ1v) is 8.73. The van der Waals surface area contributed by atoms with E-state index in [2.05, 4.69) is 21.2 Å². The van der Waals surface area contributed by atoms with Crippen molar-refractivity contribution in [1.29, 1.82) is 0 Å². The molecule has 3 aromatic heterocycles. The van der Waals surface area contributed by atoms with Crippen LogP contribution in [0.15, 0.2) is 71.0 Å². The van der Waals surface area contributed by atoms with Gasteiger partial charge in [0.05, 0.1) is 17.9 Å². The molecule has 0 spiro atoms. The maximum Gasteiger partial charge on any atom is 0.214 e. The maximum atomic E-state index is 12.1. The number of hydrogen-bond acceptors (Lipinski definition) is 5. The van der Waals surface area contributed by atoms with Crippen molar-refractivity contribution in [2.24, 2.45) is 7.05 Å². The molecule has 0 bridgehead atoms. The Hall–Kier alpha value is -2.93. The lowest BCUT2D eigenvalue weighted by Gasteiger charge is -2.06. The molecule has 0 saturated carbocycles. The number of benzene rings is 1. The highest BCUT2D eigenvalue weighted by Gasteiger charge is 2.07. The van der Waals surface area contributed by atoms with Crippen molar-refractivity contribution in [2.45, 2.75) is 10.8 Å². The molecule has 0 fully saturated rings. The van der Waals surface area contributed by atoms with Crippen LogP contribution in [0.2, 0.25) is 0 Å². The third-order valence-electron chi connectivity index (χ3n) is 3.78. The van der Waals surface area contributed by atoms with Gasteiger partial charge in [-0.15, -0.1) is 0 Å². The van der Waals surface area contributed by atoms with Gasteiger partial charge in [0.1, 0.15) is 5.69 Å². The van der Waals surface area contributed by atoms with E-state index in [1.807, 2.05) is 37.5 Å². The summed E-state index contributed by atoms with van der Waals surface area (Å²) in [5, 5.41) is 10.1. The highest BCUT2D eigenvalue weighted by atomic mass is 32.2. The fourth-order valence-corrected chi connectivity index (χ4v) is 3.37. The SMILES string of the molecule is Cn1cc(-n2ccc(=O)c(SCc3ccc4ncccc4c3)n2)cn1. The number of pyridine rings is 1. The molecule has 4 aromatic rings. The van der Waals surface area contributed by atoms with Crippen LogP contribution < -0.4 is 5.43 Å². The first kappa shape index (κ1) is 15.6. The van der Waals surface area contributed by atoms with Crippen LogP contribution in [0, 0.1) is 0 Å². The zero-order chi connectivity index (χ0) is 17.2. The Bertz CT molecular complexity index is 1100. The molecule has 25 heavy (non-hydrogen) atoms. The molecule has 0 atom stereocenters. The van der Waals surface area contributed by atoms with Crippen LogP contribution in [0.4, 0.5) is 0 Å². The van der Waals surface area contributed by atoms with Crippen molar-refractivity contribution >= 4 is 22.7 Å².